The smallest absolute Gasteiger partial charge is 0.175 e. The highest BCUT2D eigenvalue weighted by Gasteiger charge is 2.31. The van der Waals surface area contributed by atoms with E-state index in [1.165, 1.54) is 6.26 Å². The Kier molecular flexibility index (Phi) is 4.40. The molecule has 0 aliphatic rings. The lowest BCUT2D eigenvalue weighted by molar-refractivity contribution is -0.196. The van der Waals surface area contributed by atoms with Crippen LogP contribution in [0.3, 0.4) is 0 Å². The molecule has 1 atom stereocenters. The second kappa shape index (κ2) is 4.53. The van der Waals surface area contributed by atoms with Gasteiger partial charge in [-0.05, 0) is 6.92 Å². The fourth-order valence-electron chi connectivity index (χ4n) is 0.683. The summed E-state index contributed by atoms with van der Waals surface area (Å²) in [5, 5.41) is 0. The van der Waals surface area contributed by atoms with E-state index in [4.69, 9.17) is 14.2 Å². The molecule has 0 radical (unpaired) electrons. The number of rotatable bonds is 5. The number of ether oxygens (including phenoxy) is 3. The average molecular weight is 176 g/mol. The molecule has 11 heavy (non-hydrogen) atoms. The molecule has 0 aliphatic heterocycles. The molecule has 0 saturated heterocycles. The summed E-state index contributed by atoms with van der Waals surface area (Å²) >= 11 is 0. The van der Waals surface area contributed by atoms with Crippen LogP contribution in [0.25, 0.3) is 0 Å². The van der Waals surface area contributed by atoms with Crippen LogP contribution in [0.4, 0.5) is 0 Å². The van der Waals surface area contributed by atoms with Crippen molar-refractivity contribution in [1.29, 1.82) is 0 Å². The van der Waals surface area contributed by atoms with Crippen LogP contribution in [0.15, 0.2) is 12.8 Å². The number of hydrogen-bond acceptors (Lipinski definition) is 3. The highest BCUT2D eigenvalue weighted by Crippen LogP contribution is 2.14. The molecule has 0 bridgehead atoms. The van der Waals surface area contributed by atoms with Gasteiger partial charge in [0, 0.05) is 14.2 Å². The van der Waals surface area contributed by atoms with E-state index in [-0.39, 0.29) is 6.10 Å². The fourth-order valence-corrected chi connectivity index (χ4v) is 0.819. The Morgan fingerprint density at radius 1 is 1.45 bits per heavy atom. The van der Waals surface area contributed by atoms with Crippen LogP contribution < -0.4 is 0 Å². The lowest BCUT2D eigenvalue weighted by atomic mass is 10.4. The summed E-state index contributed by atoms with van der Waals surface area (Å²) in [7, 11) is 3.97. The standard InChI is InChI=1S/C7H16O3Si/c1-5-10-6(2)7(11,8-3)9-4/h5-6H,1H2,2-4,11H3. The van der Waals surface area contributed by atoms with E-state index in [1.807, 2.05) is 6.92 Å². The highest BCUT2D eigenvalue weighted by molar-refractivity contribution is 6.13. The third-order valence-corrected chi connectivity index (χ3v) is 3.48. The maximum absolute atomic E-state index is 5.17. The van der Waals surface area contributed by atoms with Crippen LogP contribution in [0, 0.1) is 0 Å². The SMILES string of the molecule is C=COC(C)C([SiH3])(OC)OC. The van der Waals surface area contributed by atoms with Crippen LogP contribution in [0.5, 0.6) is 0 Å². The molecule has 0 heterocycles. The van der Waals surface area contributed by atoms with Crippen molar-refractivity contribution in [2.45, 2.75) is 18.4 Å². The zero-order chi connectivity index (χ0) is 8.91. The van der Waals surface area contributed by atoms with Gasteiger partial charge in [0.15, 0.2) is 5.41 Å². The molecule has 1 unspecified atom stereocenters. The maximum atomic E-state index is 5.17. The van der Waals surface area contributed by atoms with Crippen LogP contribution in [-0.2, 0) is 14.2 Å². The zero-order valence-electron chi connectivity index (χ0n) is 7.59. The van der Waals surface area contributed by atoms with Gasteiger partial charge in [0.25, 0.3) is 0 Å². The van der Waals surface area contributed by atoms with Crippen LogP contribution >= 0.6 is 0 Å². The van der Waals surface area contributed by atoms with Crippen molar-refractivity contribution in [2.75, 3.05) is 14.2 Å². The third-order valence-electron chi connectivity index (χ3n) is 1.85. The minimum Gasteiger partial charge on any atom is -0.494 e. The molecule has 0 fully saturated rings. The first-order chi connectivity index (χ1) is 5.10. The largest absolute Gasteiger partial charge is 0.494 e. The predicted molar refractivity (Wildman–Crippen MR) is 47.4 cm³/mol. The summed E-state index contributed by atoms with van der Waals surface area (Å²) in [6.07, 6.45) is 1.29. The highest BCUT2D eigenvalue weighted by atomic mass is 28.1. The quantitative estimate of drug-likeness (QED) is 0.331. The van der Waals surface area contributed by atoms with Crippen molar-refractivity contribution in [3.63, 3.8) is 0 Å². The number of hydrogen-bond donors (Lipinski definition) is 0. The summed E-state index contributed by atoms with van der Waals surface area (Å²) in [5.74, 6) is 0. The Labute approximate surface area is 70.8 Å². The van der Waals surface area contributed by atoms with Gasteiger partial charge in [0.05, 0.1) is 16.5 Å². The minimum absolute atomic E-state index is 0.110. The van der Waals surface area contributed by atoms with Gasteiger partial charge in [-0.1, -0.05) is 6.58 Å². The van der Waals surface area contributed by atoms with Crippen molar-refractivity contribution in [3.8, 4) is 0 Å². The van der Waals surface area contributed by atoms with Gasteiger partial charge >= 0.3 is 0 Å². The van der Waals surface area contributed by atoms with E-state index < -0.39 is 5.41 Å². The van der Waals surface area contributed by atoms with Crippen molar-refractivity contribution < 1.29 is 14.2 Å². The Bertz CT molecular complexity index is 123. The molecule has 0 N–H and O–H groups in total. The molecular weight excluding hydrogens is 160 g/mol. The van der Waals surface area contributed by atoms with Gasteiger partial charge in [0.1, 0.15) is 6.10 Å². The second-order valence-electron chi connectivity index (χ2n) is 2.37. The first-order valence-corrected chi connectivity index (χ1v) is 4.47. The van der Waals surface area contributed by atoms with Crippen LogP contribution in [0.2, 0.25) is 0 Å². The van der Waals surface area contributed by atoms with Crippen molar-refractivity contribution in [2.24, 2.45) is 0 Å². The normalized spacial score (nSPS) is 14.5. The first-order valence-electron chi connectivity index (χ1n) is 3.47. The molecule has 0 aromatic heterocycles. The van der Waals surface area contributed by atoms with E-state index in [0.29, 0.717) is 0 Å². The van der Waals surface area contributed by atoms with Gasteiger partial charge in [0.2, 0.25) is 0 Å². The lowest BCUT2D eigenvalue weighted by Crippen LogP contribution is -2.45. The summed E-state index contributed by atoms with van der Waals surface area (Å²) in [4.78, 5) is 0. The Morgan fingerprint density at radius 3 is 2.18 bits per heavy atom. The van der Waals surface area contributed by atoms with E-state index in [9.17, 15) is 0 Å². The summed E-state index contributed by atoms with van der Waals surface area (Å²) < 4.78 is 15.5. The van der Waals surface area contributed by atoms with E-state index >= 15 is 0 Å². The van der Waals surface area contributed by atoms with Gasteiger partial charge in [-0.25, -0.2) is 0 Å². The van der Waals surface area contributed by atoms with Crippen molar-refractivity contribution >= 4 is 10.2 Å². The van der Waals surface area contributed by atoms with Gasteiger partial charge in [-0.3, -0.25) is 0 Å². The molecule has 0 aromatic carbocycles. The fraction of sp³-hybridized carbons (Fsp3) is 0.714. The van der Waals surface area contributed by atoms with Gasteiger partial charge < -0.3 is 14.2 Å². The Balaban J connectivity index is 4.10. The summed E-state index contributed by atoms with van der Waals surface area (Å²) in [5.41, 5.74) is -0.561. The molecule has 0 saturated carbocycles. The molecule has 3 nitrogen and oxygen atoms in total. The monoisotopic (exact) mass is 176 g/mol. The third kappa shape index (κ3) is 2.65. The summed E-state index contributed by atoms with van der Waals surface area (Å²) in [6.45, 7) is 5.36. The predicted octanol–water partition coefficient (Wildman–Crippen LogP) is -0.153. The molecule has 0 aliphatic carbocycles. The molecule has 66 valence electrons. The van der Waals surface area contributed by atoms with E-state index in [2.05, 4.69) is 6.58 Å². The zero-order valence-corrected chi connectivity index (χ0v) is 9.59. The second-order valence-corrected chi connectivity index (χ2v) is 3.76. The summed E-state index contributed by atoms with van der Waals surface area (Å²) in [6, 6.07) is 0. The topological polar surface area (TPSA) is 27.7 Å². The van der Waals surface area contributed by atoms with Crippen molar-refractivity contribution in [3.05, 3.63) is 12.8 Å². The van der Waals surface area contributed by atoms with E-state index in [1.54, 1.807) is 14.2 Å². The van der Waals surface area contributed by atoms with Crippen LogP contribution in [-0.4, -0.2) is 36.0 Å². The van der Waals surface area contributed by atoms with Crippen molar-refractivity contribution in [1.82, 2.24) is 0 Å². The Morgan fingerprint density at radius 2 is 1.91 bits per heavy atom. The van der Waals surface area contributed by atoms with Crippen LogP contribution in [0.1, 0.15) is 6.92 Å². The molecule has 0 spiro atoms. The van der Waals surface area contributed by atoms with Gasteiger partial charge in [-0.15, -0.1) is 0 Å². The minimum atomic E-state index is -0.561. The van der Waals surface area contributed by atoms with Gasteiger partial charge in [-0.2, -0.15) is 0 Å². The first kappa shape index (κ1) is 10.7. The maximum Gasteiger partial charge on any atom is 0.175 e. The molecule has 0 rings (SSSR count). The molecular formula is C7H16O3Si. The Hall–Kier alpha value is -0.323. The molecule has 0 aromatic rings. The molecule has 4 heteroatoms. The average Bonchev–Trinajstić information content (AvgIpc) is 2.03. The van der Waals surface area contributed by atoms with E-state index in [0.717, 1.165) is 10.2 Å². The molecule has 0 amide bonds. The lowest BCUT2D eigenvalue weighted by Gasteiger charge is -2.32. The number of methoxy groups -OCH3 is 2.